The lowest BCUT2D eigenvalue weighted by atomic mass is 10.1. The first-order valence-corrected chi connectivity index (χ1v) is 5.14. The molecule has 0 unspecified atom stereocenters. The maximum absolute atomic E-state index is 5.17. The zero-order valence-electron chi connectivity index (χ0n) is 8.31. The predicted octanol–water partition coefficient (Wildman–Crippen LogP) is 2.25. The molecule has 0 bridgehead atoms. The summed E-state index contributed by atoms with van der Waals surface area (Å²) >= 11 is 0. The van der Waals surface area contributed by atoms with Crippen LogP contribution in [0.25, 0.3) is 0 Å². The molecule has 3 nitrogen and oxygen atoms in total. The summed E-state index contributed by atoms with van der Waals surface area (Å²) in [6, 6.07) is 9.59. The Morgan fingerprint density at radius 3 is 2.53 bits per heavy atom. The molecule has 1 aromatic carbocycles. The van der Waals surface area contributed by atoms with E-state index in [9.17, 15) is 0 Å². The Balaban J connectivity index is 1.74. The monoisotopic (exact) mass is 200 g/mol. The van der Waals surface area contributed by atoms with Crippen molar-refractivity contribution in [3.05, 3.63) is 47.9 Å². The molecule has 0 aliphatic heterocycles. The van der Waals surface area contributed by atoms with Crippen LogP contribution in [0.1, 0.15) is 11.1 Å². The second-order valence-corrected chi connectivity index (χ2v) is 3.86. The summed E-state index contributed by atoms with van der Waals surface area (Å²) in [6.07, 6.45) is 5.35. The van der Waals surface area contributed by atoms with Gasteiger partial charge in [0.05, 0.1) is 6.20 Å². The van der Waals surface area contributed by atoms with Crippen LogP contribution in [0.15, 0.2) is 41.1 Å². The van der Waals surface area contributed by atoms with Gasteiger partial charge < -0.3 is 9.73 Å². The molecule has 0 saturated carbocycles. The van der Waals surface area contributed by atoms with Crippen molar-refractivity contribution in [2.24, 2.45) is 0 Å². The first-order valence-electron chi connectivity index (χ1n) is 5.14. The molecule has 3 heteroatoms. The molecule has 3 rings (SSSR count). The number of nitrogens with zero attached hydrogens (tertiary/aromatic N) is 1. The van der Waals surface area contributed by atoms with E-state index < -0.39 is 0 Å². The minimum atomic E-state index is 0.418. The van der Waals surface area contributed by atoms with Crippen LogP contribution in [0, 0.1) is 0 Å². The van der Waals surface area contributed by atoms with E-state index in [1.807, 2.05) is 0 Å². The number of fused-ring (bicyclic) bond motifs is 1. The molecule has 1 aliphatic rings. The van der Waals surface area contributed by atoms with Crippen molar-refractivity contribution in [2.45, 2.75) is 18.9 Å². The standard InChI is InChI=1S/C12H12N2O/c1-2-4-10-8-11(7-9(10)3-1)14-12-13-5-6-15-12/h1-6,11H,7-8H2,(H,13,14). The van der Waals surface area contributed by atoms with E-state index in [4.69, 9.17) is 4.42 Å². The fourth-order valence-corrected chi connectivity index (χ4v) is 2.13. The molecule has 0 saturated heterocycles. The summed E-state index contributed by atoms with van der Waals surface area (Å²) in [5, 5.41) is 3.29. The Morgan fingerprint density at radius 2 is 1.93 bits per heavy atom. The van der Waals surface area contributed by atoms with Crippen molar-refractivity contribution in [1.29, 1.82) is 0 Å². The van der Waals surface area contributed by atoms with Crippen LogP contribution in [0.4, 0.5) is 6.01 Å². The third-order valence-electron chi connectivity index (χ3n) is 2.81. The van der Waals surface area contributed by atoms with E-state index in [2.05, 4.69) is 34.6 Å². The zero-order valence-corrected chi connectivity index (χ0v) is 8.31. The third kappa shape index (κ3) is 1.61. The van der Waals surface area contributed by atoms with E-state index >= 15 is 0 Å². The molecule has 0 radical (unpaired) electrons. The molecule has 0 spiro atoms. The number of nitrogens with one attached hydrogen (secondary N) is 1. The number of rotatable bonds is 2. The number of hydrogen-bond acceptors (Lipinski definition) is 3. The topological polar surface area (TPSA) is 38.1 Å². The van der Waals surface area contributed by atoms with E-state index in [1.54, 1.807) is 12.5 Å². The molecule has 15 heavy (non-hydrogen) atoms. The maximum atomic E-state index is 5.17. The highest BCUT2D eigenvalue weighted by atomic mass is 16.4. The lowest BCUT2D eigenvalue weighted by Crippen LogP contribution is -2.19. The maximum Gasteiger partial charge on any atom is 0.294 e. The summed E-state index contributed by atoms with van der Waals surface area (Å²) in [7, 11) is 0. The summed E-state index contributed by atoms with van der Waals surface area (Å²) in [5.41, 5.74) is 2.86. The van der Waals surface area contributed by atoms with Crippen LogP contribution in [-0.4, -0.2) is 11.0 Å². The number of hydrogen-bond donors (Lipinski definition) is 1. The third-order valence-corrected chi connectivity index (χ3v) is 2.81. The van der Waals surface area contributed by atoms with Gasteiger partial charge in [-0.05, 0) is 24.0 Å². The molecular formula is C12H12N2O. The first-order chi connectivity index (χ1) is 7.42. The van der Waals surface area contributed by atoms with Gasteiger partial charge in [-0.15, -0.1) is 0 Å². The smallest absolute Gasteiger partial charge is 0.294 e. The SMILES string of the molecule is c1ccc2c(c1)CC(Nc1ncco1)C2. The molecule has 76 valence electrons. The Hall–Kier alpha value is -1.77. The average molecular weight is 200 g/mol. The minimum Gasteiger partial charge on any atom is -0.432 e. The second-order valence-electron chi connectivity index (χ2n) is 3.86. The number of aromatic nitrogens is 1. The van der Waals surface area contributed by atoms with Gasteiger partial charge in [-0.2, -0.15) is 0 Å². The van der Waals surface area contributed by atoms with Gasteiger partial charge in [-0.25, -0.2) is 4.98 Å². The van der Waals surface area contributed by atoms with Gasteiger partial charge in [0.15, 0.2) is 0 Å². The highest BCUT2D eigenvalue weighted by Crippen LogP contribution is 2.23. The van der Waals surface area contributed by atoms with Gasteiger partial charge in [-0.3, -0.25) is 0 Å². The highest BCUT2D eigenvalue weighted by molar-refractivity contribution is 5.37. The Bertz CT molecular complexity index is 423. The number of benzene rings is 1. The van der Waals surface area contributed by atoms with Crippen molar-refractivity contribution in [2.75, 3.05) is 5.32 Å². The fourth-order valence-electron chi connectivity index (χ4n) is 2.13. The van der Waals surface area contributed by atoms with Crippen LogP contribution in [-0.2, 0) is 12.8 Å². The van der Waals surface area contributed by atoms with Gasteiger partial charge in [0.25, 0.3) is 6.01 Å². The first kappa shape index (κ1) is 8.53. The predicted molar refractivity (Wildman–Crippen MR) is 57.8 cm³/mol. The molecule has 1 aliphatic carbocycles. The van der Waals surface area contributed by atoms with E-state index in [0.717, 1.165) is 12.8 Å². The van der Waals surface area contributed by atoms with Gasteiger partial charge >= 0.3 is 0 Å². The van der Waals surface area contributed by atoms with E-state index in [-0.39, 0.29) is 0 Å². The van der Waals surface area contributed by atoms with Gasteiger partial charge in [0.1, 0.15) is 6.26 Å². The molecular weight excluding hydrogens is 188 g/mol. The van der Waals surface area contributed by atoms with Crippen LogP contribution < -0.4 is 5.32 Å². The fraction of sp³-hybridized carbons (Fsp3) is 0.250. The minimum absolute atomic E-state index is 0.418. The summed E-state index contributed by atoms with van der Waals surface area (Å²) < 4.78 is 5.17. The van der Waals surface area contributed by atoms with Crippen molar-refractivity contribution in [3.63, 3.8) is 0 Å². The van der Waals surface area contributed by atoms with E-state index in [0.29, 0.717) is 12.1 Å². The quantitative estimate of drug-likeness (QED) is 0.808. The lowest BCUT2D eigenvalue weighted by molar-refractivity contribution is 0.558. The molecule has 1 aromatic heterocycles. The number of oxazole rings is 1. The second kappa shape index (κ2) is 3.42. The highest BCUT2D eigenvalue weighted by Gasteiger charge is 2.21. The Kier molecular flexibility index (Phi) is 1.95. The lowest BCUT2D eigenvalue weighted by Gasteiger charge is -2.08. The van der Waals surface area contributed by atoms with Crippen molar-refractivity contribution >= 4 is 6.01 Å². The summed E-state index contributed by atoms with van der Waals surface area (Å²) in [5.74, 6) is 0. The van der Waals surface area contributed by atoms with Crippen LogP contribution in [0.5, 0.6) is 0 Å². The van der Waals surface area contributed by atoms with Crippen molar-refractivity contribution < 1.29 is 4.42 Å². The van der Waals surface area contributed by atoms with Crippen molar-refractivity contribution in [1.82, 2.24) is 4.98 Å². The van der Waals surface area contributed by atoms with Gasteiger partial charge in [0, 0.05) is 6.04 Å². The van der Waals surface area contributed by atoms with Gasteiger partial charge in [-0.1, -0.05) is 24.3 Å². The Morgan fingerprint density at radius 1 is 1.20 bits per heavy atom. The van der Waals surface area contributed by atoms with E-state index in [1.165, 1.54) is 11.1 Å². The van der Waals surface area contributed by atoms with Crippen LogP contribution in [0.3, 0.4) is 0 Å². The number of anilines is 1. The molecule has 0 atom stereocenters. The molecule has 1 N–H and O–H groups in total. The zero-order chi connectivity index (χ0) is 10.1. The van der Waals surface area contributed by atoms with Crippen LogP contribution >= 0.6 is 0 Å². The molecule has 0 amide bonds. The van der Waals surface area contributed by atoms with Gasteiger partial charge in [0.2, 0.25) is 0 Å². The summed E-state index contributed by atoms with van der Waals surface area (Å²) in [6.45, 7) is 0. The van der Waals surface area contributed by atoms with Crippen LogP contribution in [0.2, 0.25) is 0 Å². The summed E-state index contributed by atoms with van der Waals surface area (Å²) in [4.78, 5) is 4.06. The molecule has 2 aromatic rings. The normalized spacial score (nSPS) is 15.2. The molecule has 1 heterocycles. The van der Waals surface area contributed by atoms with Crippen molar-refractivity contribution in [3.8, 4) is 0 Å². The molecule has 0 fully saturated rings. The average Bonchev–Trinajstić information content (AvgIpc) is 2.86. The largest absolute Gasteiger partial charge is 0.432 e. The Labute approximate surface area is 88.1 Å².